The molecule has 0 aromatic carbocycles. The van der Waals surface area contributed by atoms with Crippen molar-refractivity contribution in [3.63, 3.8) is 0 Å². The zero-order chi connectivity index (χ0) is 14.6. The van der Waals surface area contributed by atoms with Crippen LogP contribution in [-0.2, 0) is 4.74 Å². The molecule has 0 amide bonds. The predicted molar refractivity (Wildman–Crippen MR) is 80.7 cm³/mol. The second-order valence-corrected chi connectivity index (χ2v) is 8.16. The molecule has 3 heteroatoms. The van der Waals surface area contributed by atoms with Crippen LogP contribution in [0.2, 0.25) is 0 Å². The third-order valence-corrected chi connectivity index (χ3v) is 7.06. The summed E-state index contributed by atoms with van der Waals surface area (Å²) in [5.41, 5.74) is -0.918. The van der Waals surface area contributed by atoms with E-state index in [0.717, 1.165) is 51.4 Å². The lowest BCUT2D eigenvalue weighted by Crippen LogP contribution is -2.72. The average molecular weight is 294 g/mol. The Morgan fingerprint density at radius 3 is 2.05 bits per heavy atom. The first kappa shape index (κ1) is 14.5. The van der Waals surface area contributed by atoms with Gasteiger partial charge in [-0.15, -0.1) is 0 Å². The first-order chi connectivity index (χ1) is 10.1. The van der Waals surface area contributed by atoms with Crippen molar-refractivity contribution in [3.8, 4) is 0 Å². The van der Waals surface area contributed by atoms with Gasteiger partial charge in [0.1, 0.15) is 0 Å². The lowest BCUT2D eigenvalue weighted by atomic mass is 9.53. The number of ether oxygens (including phenoxy) is 1. The van der Waals surface area contributed by atoms with E-state index in [1.807, 2.05) is 0 Å². The van der Waals surface area contributed by atoms with Crippen LogP contribution >= 0.6 is 0 Å². The van der Waals surface area contributed by atoms with Crippen molar-refractivity contribution in [1.82, 2.24) is 0 Å². The van der Waals surface area contributed by atoms with Crippen LogP contribution < -0.4 is 0 Å². The molecule has 4 rings (SSSR count). The zero-order valence-corrected chi connectivity index (χ0v) is 13.1. The molecule has 120 valence electrons. The van der Waals surface area contributed by atoms with Gasteiger partial charge in [0.15, 0.2) is 5.79 Å². The topological polar surface area (TPSA) is 49.7 Å². The largest absolute Gasteiger partial charge is 0.389 e. The van der Waals surface area contributed by atoms with E-state index in [0.29, 0.717) is 6.42 Å². The van der Waals surface area contributed by atoms with Gasteiger partial charge in [-0.3, -0.25) is 0 Å². The van der Waals surface area contributed by atoms with Crippen molar-refractivity contribution < 1.29 is 14.9 Å². The molecule has 1 saturated heterocycles. The highest BCUT2D eigenvalue weighted by Gasteiger charge is 2.66. The number of hydrogen-bond acceptors (Lipinski definition) is 3. The first-order valence-electron chi connectivity index (χ1n) is 9.24. The van der Waals surface area contributed by atoms with Gasteiger partial charge in [0.2, 0.25) is 0 Å². The fourth-order valence-corrected chi connectivity index (χ4v) is 6.23. The number of fused-ring (bicyclic) bond motifs is 4. The molecule has 4 aliphatic rings. The van der Waals surface area contributed by atoms with Crippen LogP contribution in [0.3, 0.4) is 0 Å². The summed E-state index contributed by atoms with van der Waals surface area (Å²) >= 11 is 0. The SMILES string of the molecule is O[C@]12CCCC[C@@H]1C1(CCCCC1)O[C@@]1(O)CCCC[C@@H]21. The molecule has 0 aromatic heterocycles. The van der Waals surface area contributed by atoms with Crippen LogP contribution in [0, 0.1) is 11.8 Å². The molecular formula is C18H30O3. The van der Waals surface area contributed by atoms with Gasteiger partial charge in [-0.05, 0) is 38.5 Å². The number of rotatable bonds is 0. The van der Waals surface area contributed by atoms with Crippen molar-refractivity contribution in [2.45, 2.75) is 100 Å². The molecule has 3 saturated carbocycles. The minimum atomic E-state index is -1.06. The van der Waals surface area contributed by atoms with E-state index in [4.69, 9.17) is 4.74 Å². The minimum Gasteiger partial charge on any atom is -0.389 e. The Balaban J connectivity index is 1.76. The van der Waals surface area contributed by atoms with Gasteiger partial charge in [0.05, 0.1) is 11.2 Å². The summed E-state index contributed by atoms with van der Waals surface area (Å²) in [6.07, 6.45) is 13.8. The molecule has 0 aromatic rings. The van der Waals surface area contributed by atoms with E-state index < -0.39 is 11.4 Å². The van der Waals surface area contributed by atoms with Crippen molar-refractivity contribution in [2.75, 3.05) is 0 Å². The Bertz CT molecular complexity index is 396. The summed E-state index contributed by atoms with van der Waals surface area (Å²) < 4.78 is 6.54. The smallest absolute Gasteiger partial charge is 0.171 e. The first-order valence-corrected chi connectivity index (χ1v) is 9.24. The van der Waals surface area contributed by atoms with E-state index in [2.05, 4.69) is 0 Å². The summed E-state index contributed by atoms with van der Waals surface area (Å²) in [5, 5.41) is 22.9. The van der Waals surface area contributed by atoms with Crippen LogP contribution in [0.15, 0.2) is 0 Å². The molecule has 1 heterocycles. The van der Waals surface area contributed by atoms with E-state index in [9.17, 15) is 10.2 Å². The molecular weight excluding hydrogens is 264 g/mol. The van der Waals surface area contributed by atoms with Crippen LogP contribution in [0.1, 0.15) is 83.5 Å². The predicted octanol–water partition coefficient (Wildman–Crippen LogP) is 3.52. The van der Waals surface area contributed by atoms with Crippen molar-refractivity contribution >= 4 is 0 Å². The third kappa shape index (κ3) is 2.04. The second kappa shape index (κ2) is 4.94. The van der Waals surface area contributed by atoms with Gasteiger partial charge in [0.25, 0.3) is 0 Å². The molecule has 3 aliphatic carbocycles. The average Bonchev–Trinajstić information content (AvgIpc) is 2.47. The highest BCUT2D eigenvalue weighted by atomic mass is 16.6. The van der Waals surface area contributed by atoms with Gasteiger partial charge < -0.3 is 14.9 Å². The maximum absolute atomic E-state index is 11.6. The highest BCUT2D eigenvalue weighted by Crippen LogP contribution is 2.61. The molecule has 2 N–H and O–H groups in total. The Morgan fingerprint density at radius 2 is 1.29 bits per heavy atom. The Labute approximate surface area is 128 Å². The Hall–Kier alpha value is -0.120. The monoisotopic (exact) mass is 294 g/mol. The standard InChI is InChI=1S/C18H30O3/c19-17-12-6-2-8-14(17)16(10-4-1-5-11-16)21-18(20)13-7-3-9-15(17)18/h14-15,19-20H,1-13H2/t14-,15+,17-,18+/m1/s1. The van der Waals surface area contributed by atoms with Crippen LogP contribution in [0.5, 0.6) is 0 Å². The van der Waals surface area contributed by atoms with Crippen molar-refractivity contribution in [2.24, 2.45) is 11.8 Å². The molecule has 1 spiro atoms. The maximum Gasteiger partial charge on any atom is 0.171 e. The van der Waals surface area contributed by atoms with Gasteiger partial charge >= 0.3 is 0 Å². The molecule has 0 radical (unpaired) electrons. The summed E-state index contributed by atoms with van der Waals surface area (Å²) in [6, 6.07) is 0. The van der Waals surface area contributed by atoms with Crippen molar-refractivity contribution in [3.05, 3.63) is 0 Å². The highest BCUT2D eigenvalue weighted by molar-refractivity contribution is 5.13. The third-order valence-electron chi connectivity index (χ3n) is 7.06. The van der Waals surface area contributed by atoms with Crippen LogP contribution in [0.4, 0.5) is 0 Å². The van der Waals surface area contributed by atoms with E-state index in [1.165, 1.54) is 25.7 Å². The molecule has 21 heavy (non-hydrogen) atoms. The molecule has 0 unspecified atom stereocenters. The van der Waals surface area contributed by atoms with Gasteiger partial charge in [-0.25, -0.2) is 0 Å². The summed E-state index contributed by atoms with van der Waals surface area (Å²) in [6.45, 7) is 0. The van der Waals surface area contributed by atoms with Crippen LogP contribution in [-0.4, -0.2) is 27.2 Å². The van der Waals surface area contributed by atoms with Crippen LogP contribution in [0.25, 0.3) is 0 Å². The quantitative estimate of drug-likeness (QED) is 0.718. The fraction of sp³-hybridized carbons (Fsp3) is 1.00. The van der Waals surface area contributed by atoms with E-state index >= 15 is 0 Å². The normalized spacial score (nSPS) is 49.4. The molecule has 4 atom stereocenters. The van der Waals surface area contributed by atoms with Gasteiger partial charge in [-0.1, -0.05) is 38.5 Å². The fourth-order valence-electron chi connectivity index (χ4n) is 6.23. The molecule has 0 bridgehead atoms. The summed E-state index contributed by atoms with van der Waals surface area (Å²) in [7, 11) is 0. The lowest BCUT2D eigenvalue weighted by molar-refractivity contribution is -0.399. The number of hydrogen-bond donors (Lipinski definition) is 2. The van der Waals surface area contributed by atoms with E-state index in [1.54, 1.807) is 0 Å². The van der Waals surface area contributed by atoms with E-state index in [-0.39, 0.29) is 17.4 Å². The Morgan fingerprint density at radius 1 is 0.667 bits per heavy atom. The zero-order valence-electron chi connectivity index (χ0n) is 13.1. The number of aliphatic hydroxyl groups is 2. The van der Waals surface area contributed by atoms with Gasteiger partial charge in [0, 0.05) is 18.3 Å². The molecule has 4 fully saturated rings. The van der Waals surface area contributed by atoms with Gasteiger partial charge in [-0.2, -0.15) is 0 Å². The lowest BCUT2D eigenvalue weighted by Gasteiger charge is -2.65. The Kier molecular flexibility index (Phi) is 3.40. The molecule has 3 nitrogen and oxygen atoms in total. The maximum atomic E-state index is 11.6. The van der Waals surface area contributed by atoms with Crippen molar-refractivity contribution in [1.29, 1.82) is 0 Å². The summed E-state index contributed by atoms with van der Waals surface area (Å²) in [4.78, 5) is 0. The molecule has 1 aliphatic heterocycles. The summed E-state index contributed by atoms with van der Waals surface area (Å²) in [5.74, 6) is -0.864. The minimum absolute atomic E-state index is 0.0587. The second-order valence-electron chi connectivity index (χ2n) is 8.16.